The molecule has 2 fully saturated rings. The van der Waals surface area contributed by atoms with Crippen LogP contribution < -0.4 is 10.6 Å². The second-order valence-electron chi connectivity index (χ2n) is 8.79. The molecule has 0 saturated heterocycles. The van der Waals surface area contributed by atoms with Gasteiger partial charge < -0.3 is 15.4 Å². The molecule has 2 N–H and O–H groups in total. The van der Waals surface area contributed by atoms with Crippen molar-refractivity contribution >= 4 is 6.09 Å². The Bertz CT molecular complexity index is 383. The number of ether oxygens (including phenoxy) is 1. The molecule has 0 spiro atoms. The lowest BCUT2D eigenvalue weighted by atomic mass is 9.73. The van der Waals surface area contributed by atoms with Crippen LogP contribution in [-0.4, -0.2) is 30.3 Å². The van der Waals surface area contributed by atoms with Crippen molar-refractivity contribution in [1.82, 2.24) is 10.6 Å². The summed E-state index contributed by atoms with van der Waals surface area (Å²) in [4.78, 5) is 12.0. The fraction of sp³-hybridized carbons (Fsp3) is 0.944. The van der Waals surface area contributed by atoms with Gasteiger partial charge >= 0.3 is 6.09 Å². The van der Waals surface area contributed by atoms with Crippen molar-refractivity contribution in [3.63, 3.8) is 0 Å². The molecule has 0 radical (unpaired) electrons. The molecule has 0 heterocycles. The van der Waals surface area contributed by atoms with E-state index >= 15 is 0 Å². The highest BCUT2D eigenvalue weighted by Gasteiger charge is 2.36. The number of amides is 1. The first-order chi connectivity index (χ1) is 10.2. The van der Waals surface area contributed by atoms with Crippen molar-refractivity contribution in [3.05, 3.63) is 0 Å². The van der Waals surface area contributed by atoms with Crippen molar-refractivity contribution in [2.24, 2.45) is 11.3 Å². The highest BCUT2D eigenvalue weighted by Crippen LogP contribution is 2.36. The first-order valence-corrected chi connectivity index (χ1v) is 8.90. The van der Waals surface area contributed by atoms with Gasteiger partial charge in [-0.1, -0.05) is 26.7 Å². The van der Waals surface area contributed by atoms with Gasteiger partial charge in [-0.15, -0.1) is 0 Å². The molecule has 2 saturated carbocycles. The Labute approximate surface area is 135 Å². The monoisotopic (exact) mass is 310 g/mol. The summed E-state index contributed by atoms with van der Waals surface area (Å²) in [5, 5.41) is 6.81. The van der Waals surface area contributed by atoms with Crippen molar-refractivity contribution in [2.75, 3.05) is 6.54 Å². The van der Waals surface area contributed by atoms with Crippen molar-refractivity contribution in [1.29, 1.82) is 0 Å². The van der Waals surface area contributed by atoms with E-state index in [0.29, 0.717) is 17.4 Å². The summed E-state index contributed by atoms with van der Waals surface area (Å²) in [7, 11) is 0. The SMILES string of the molecule is CC(C)(C)OC(=O)NC(CNC1CCCCC1(C)C)C1CC1. The Balaban J connectivity index is 1.83. The molecule has 2 atom stereocenters. The van der Waals surface area contributed by atoms with E-state index in [9.17, 15) is 4.79 Å². The molecule has 0 aromatic rings. The summed E-state index contributed by atoms with van der Waals surface area (Å²) in [6, 6.07) is 0.760. The molecular formula is C18H34N2O2. The largest absolute Gasteiger partial charge is 0.444 e. The molecule has 128 valence electrons. The molecule has 2 unspecified atom stereocenters. The van der Waals surface area contributed by atoms with E-state index in [1.54, 1.807) is 0 Å². The van der Waals surface area contributed by atoms with E-state index in [4.69, 9.17) is 4.74 Å². The van der Waals surface area contributed by atoms with Gasteiger partial charge in [0.05, 0.1) is 0 Å². The van der Waals surface area contributed by atoms with Crippen LogP contribution in [0.15, 0.2) is 0 Å². The van der Waals surface area contributed by atoms with E-state index in [2.05, 4.69) is 24.5 Å². The molecule has 2 rings (SSSR count). The van der Waals surface area contributed by atoms with E-state index in [-0.39, 0.29) is 12.1 Å². The Hall–Kier alpha value is -0.770. The molecule has 4 nitrogen and oxygen atoms in total. The zero-order valence-corrected chi connectivity index (χ0v) is 15.0. The molecule has 0 aliphatic heterocycles. The molecule has 0 aromatic carbocycles. The van der Waals surface area contributed by atoms with Crippen molar-refractivity contribution < 1.29 is 9.53 Å². The van der Waals surface area contributed by atoms with Crippen LogP contribution in [0.4, 0.5) is 4.79 Å². The average Bonchev–Trinajstić information content (AvgIpc) is 3.17. The van der Waals surface area contributed by atoms with Gasteiger partial charge in [0.15, 0.2) is 0 Å². The molecule has 1 amide bonds. The maximum Gasteiger partial charge on any atom is 0.407 e. The van der Waals surface area contributed by atoms with E-state index < -0.39 is 5.60 Å². The first-order valence-electron chi connectivity index (χ1n) is 8.90. The minimum Gasteiger partial charge on any atom is -0.444 e. The summed E-state index contributed by atoms with van der Waals surface area (Å²) in [6.45, 7) is 11.3. The van der Waals surface area contributed by atoms with Crippen LogP contribution in [0.25, 0.3) is 0 Å². The molecule has 0 aromatic heterocycles. The summed E-state index contributed by atoms with van der Waals surface area (Å²) < 4.78 is 5.40. The van der Waals surface area contributed by atoms with Gasteiger partial charge in [0.25, 0.3) is 0 Å². The highest BCUT2D eigenvalue weighted by molar-refractivity contribution is 5.68. The molecule has 2 aliphatic rings. The molecular weight excluding hydrogens is 276 g/mol. The van der Waals surface area contributed by atoms with Crippen molar-refractivity contribution in [2.45, 2.75) is 90.8 Å². The minimum absolute atomic E-state index is 0.201. The summed E-state index contributed by atoms with van der Waals surface area (Å²) in [5.74, 6) is 0.617. The van der Waals surface area contributed by atoms with Crippen molar-refractivity contribution in [3.8, 4) is 0 Å². The standard InChI is InChI=1S/C18H34N2O2/c1-17(2,3)22-16(21)20-14(13-9-10-13)12-19-15-8-6-7-11-18(15,4)5/h13-15,19H,6-12H2,1-5H3,(H,20,21). The Kier molecular flexibility index (Phi) is 5.41. The molecule has 22 heavy (non-hydrogen) atoms. The van der Waals surface area contributed by atoms with Crippen LogP contribution in [0.1, 0.15) is 73.1 Å². The van der Waals surface area contributed by atoms with Gasteiger partial charge in [0.1, 0.15) is 5.60 Å². The predicted molar refractivity (Wildman–Crippen MR) is 89.9 cm³/mol. The lowest BCUT2D eigenvalue weighted by Gasteiger charge is -2.40. The zero-order chi connectivity index (χ0) is 16.4. The maximum absolute atomic E-state index is 12.0. The van der Waals surface area contributed by atoms with Crippen LogP contribution >= 0.6 is 0 Å². The maximum atomic E-state index is 12.0. The smallest absolute Gasteiger partial charge is 0.407 e. The predicted octanol–water partition coefficient (Wildman–Crippen LogP) is 3.85. The van der Waals surface area contributed by atoms with Crippen LogP contribution in [-0.2, 0) is 4.74 Å². The lowest BCUT2D eigenvalue weighted by molar-refractivity contribution is 0.0493. The summed E-state index contributed by atoms with van der Waals surface area (Å²) >= 11 is 0. The fourth-order valence-corrected chi connectivity index (χ4v) is 3.43. The number of carbonyl (C=O) groups is 1. The fourth-order valence-electron chi connectivity index (χ4n) is 3.43. The van der Waals surface area contributed by atoms with Crippen LogP contribution in [0.2, 0.25) is 0 Å². The normalized spacial score (nSPS) is 26.3. The number of hydrogen-bond donors (Lipinski definition) is 2. The Morgan fingerprint density at radius 2 is 1.91 bits per heavy atom. The van der Waals surface area contributed by atoms with Gasteiger partial charge in [0, 0.05) is 18.6 Å². The molecule has 4 heteroatoms. The summed E-state index contributed by atoms with van der Waals surface area (Å²) in [6.07, 6.45) is 7.35. The molecule has 2 aliphatic carbocycles. The second-order valence-corrected chi connectivity index (χ2v) is 8.79. The number of nitrogens with one attached hydrogen (secondary N) is 2. The van der Waals surface area contributed by atoms with Gasteiger partial charge in [-0.3, -0.25) is 0 Å². The first kappa shape index (κ1) is 17.6. The van der Waals surface area contributed by atoms with E-state index in [0.717, 1.165) is 6.54 Å². The molecule has 0 bridgehead atoms. The average molecular weight is 310 g/mol. The zero-order valence-electron chi connectivity index (χ0n) is 15.0. The Morgan fingerprint density at radius 1 is 1.23 bits per heavy atom. The topological polar surface area (TPSA) is 50.4 Å². The van der Waals surface area contributed by atoms with Gasteiger partial charge in [-0.2, -0.15) is 0 Å². The number of alkyl carbamates (subject to hydrolysis) is 1. The van der Waals surface area contributed by atoms with Crippen LogP contribution in [0, 0.1) is 11.3 Å². The third kappa shape index (κ3) is 5.45. The van der Waals surface area contributed by atoms with Gasteiger partial charge in [-0.05, 0) is 57.8 Å². The number of hydrogen-bond acceptors (Lipinski definition) is 3. The number of carbonyl (C=O) groups excluding carboxylic acids is 1. The third-order valence-corrected chi connectivity index (χ3v) is 4.98. The highest BCUT2D eigenvalue weighted by atomic mass is 16.6. The van der Waals surface area contributed by atoms with E-state index in [1.807, 2.05) is 20.8 Å². The summed E-state index contributed by atoms with van der Waals surface area (Å²) in [5.41, 5.74) is -0.0742. The van der Waals surface area contributed by atoms with Gasteiger partial charge in [0.2, 0.25) is 0 Å². The quantitative estimate of drug-likeness (QED) is 0.811. The second kappa shape index (κ2) is 6.77. The lowest BCUT2D eigenvalue weighted by Crippen LogP contribution is -2.51. The Morgan fingerprint density at radius 3 is 2.45 bits per heavy atom. The van der Waals surface area contributed by atoms with E-state index in [1.165, 1.54) is 38.5 Å². The minimum atomic E-state index is -0.434. The van der Waals surface area contributed by atoms with Gasteiger partial charge in [-0.25, -0.2) is 4.79 Å². The third-order valence-electron chi connectivity index (χ3n) is 4.98. The van der Waals surface area contributed by atoms with Crippen LogP contribution in [0.5, 0.6) is 0 Å². The number of rotatable bonds is 5. The van der Waals surface area contributed by atoms with Crippen LogP contribution in [0.3, 0.4) is 0 Å².